The molecule has 1 unspecified atom stereocenters. The second-order valence-electron chi connectivity index (χ2n) is 4.76. The number of nitrogens with two attached hydrogens (primary N) is 1. The van der Waals surface area contributed by atoms with Gasteiger partial charge >= 0.3 is 0 Å². The molecule has 2 nitrogen and oxygen atoms in total. The minimum Gasteiger partial charge on any atom is -0.496 e. The molecule has 0 saturated heterocycles. The van der Waals surface area contributed by atoms with Gasteiger partial charge in [-0.05, 0) is 42.0 Å². The fourth-order valence-electron chi connectivity index (χ4n) is 2.43. The number of thiophene rings is 1. The molecule has 1 atom stereocenters. The van der Waals surface area contributed by atoms with Gasteiger partial charge < -0.3 is 10.5 Å². The number of ether oxygens (including phenoxy) is 1. The van der Waals surface area contributed by atoms with Crippen molar-refractivity contribution in [1.29, 1.82) is 0 Å². The maximum absolute atomic E-state index is 6.44. The van der Waals surface area contributed by atoms with Crippen LogP contribution in [0.25, 0.3) is 0 Å². The van der Waals surface area contributed by atoms with Crippen molar-refractivity contribution < 1.29 is 4.74 Å². The van der Waals surface area contributed by atoms with Crippen molar-refractivity contribution in [2.45, 2.75) is 18.2 Å². The molecular weight excluding hydrogens is 310 g/mol. The maximum atomic E-state index is 6.44. The molecule has 0 amide bonds. The van der Waals surface area contributed by atoms with Gasteiger partial charge in [-0.15, -0.1) is 11.3 Å². The fourth-order valence-corrected chi connectivity index (χ4v) is 5.00. The first-order chi connectivity index (χ1) is 9.69. The van der Waals surface area contributed by atoms with Crippen LogP contribution >= 0.6 is 34.7 Å². The number of hydrogen-bond acceptors (Lipinski definition) is 4. The normalized spacial score (nSPS) is 15.8. The zero-order valence-electron chi connectivity index (χ0n) is 11.2. The first kappa shape index (κ1) is 14.3. The predicted molar refractivity (Wildman–Crippen MR) is 88.2 cm³/mol. The van der Waals surface area contributed by atoms with Crippen molar-refractivity contribution in [3.8, 4) is 5.75 Å². The molecule has 20 heavy (non-hydrogen) atoms. The van der Waals surface area contributed by atoms with Crippen LogP contribution in [0.3, 0.4) is 0 Å². The molecule has 5 heteroatoms. The van der Waals surface area contributed by atoms with Crippen molar-refractivity contribution >= 4 is 34.7 Å². The number of methoxy groups -OCH3 is 1. The van der Waals surface area contributed by atoms with Gasteiger partial charge in [-0.3, -0.25) is 0 Å². The summed E-state index contributed by atoms with van der Waals surface area (Å²) in [4.78, 5) is 2.67. The van der Waals surface area contributed by atoms with E-state index < -0.39 is 0 Å². The molecule has 1 aliphatic heterocycles. The van der Waals surface area contributed by atoms with Crippen molar-refractivity contribution in [3.63, 3.8) is 0 Å². The Hall–Kier alpha value is -0.680. The Labute approximate surface area is 132 Å². The van der Waals surface area contributed by atoms with Crippen LogP contribution in [0.5, 0.6) is 5.75 Å². The number of benzene rings is 1. The maximum Gasteiger partial charge on any atom is 0.124 e. The Bertz CT molecular complexity index is 603. The van der Waals surface area contributed by atoms with Gasteiger partial charge in [-0.2, -0.15) is 11.8 Å². The van der Waals surface area contributed by atoms with E-state index in [0.29, 0.717) is 5.02 Å². The van der Waals surface area contributed by atoms with Crippen molar-refractivity contribution in [1.82, 2.24) is 0 Å². The van der Waals surface area contributed by atoms with E-state index in [0.717, 1.165) is 23.5 Å². The van der Waals surface area contributed by atoms with E-state index in [4.69, 9.17) is 22.1 Å². The Kier molecular flexibility index (Phi) is 4.26. The lowest BCUT2D eigenvalue weighted by Gasteiger charge is -2.14. The average Bonchev–Trinajstić information content (AvgIpc) is 2.90. The van der Waals surface area contributed by atoms with Gasteiger partial charge in [0, 0.05) is 26.1 Å². The Morgan fingerprint density at radius 3 is 2.95 bits per heavy atom. The van der Waals surface area contributed by atoms with Gasteiger partial charge in [-0.25, -0.2) is 0 Å². The standard InChI is InChI=1S/C15H16ClNOS2/c1-18-12-3-2-10(16)7-11(12)15(17)14-6-9-8-19-5-4-13(9)20-14/h2-3,6-7,15H,4-5,8,17H2,1H3. The van der Waals surface area contributed by atoms with E-state index in [1.807, 2.05) is 41.3 Å². The minimum absolute atomic E-state index is 0.177. The molecule has 2 aromatic rings. The summed E-state index contributed by atoms with van der Waals surface area (Å²) in [6, 6.07) is 7.67. The summed E-state index contributed by atoms with van der Waals surface area (Å²) in [5.41, 5.74) is 8.83. The molecule has 3 rings (SSSR count). The Balaban J connectivity index is 1.97. The minimum atomic E-state index is -0.177. The summed E-state index contributed by atoms with van der Waals surface area (Å²) in [5.74, 6) is 3.11. The van der Waals surface area contributed by atoms with Gasteiger partial charge in [0.05, 0.1) is 13.2 Å². The lowest BCUT2D eigenvalue weighted by molar-refractivity contribution is 0.408. The summed E-state index contributed by atoms with van der Waals surface area (Å²) >= 11 is 9.91. The van der Waals surface area contributed by atoms with Crippen LogP contribution in [-0.4, -0.2) is 12.9 Å². The summed E-state index contributed by atoms with van der Waals surface area (Å²) in [5, 5.41) is 0.688. The van der Waals surface area contributed by atoms with Crippen LogP contribution in [-0.2, 0) is 12.2 Å². The molecule has 0 saturated carbocycles. The van der Waals surface area contributed by atoms with E-state index >= 15 is 0 Å². The van der Waals surface area contributed by atoms with Crippen molar-refractivity contribution in [3.05, 3.63) is 50.2 Å². The number of aryl methyl sites for hydroxylation is 1. The van der Waals surface area contributed by atoms with Crippen molar-refractivity contribution in [2.75, 3.05) is 12.9 Å². The lowest BCUT2D eigenvalue weighted by atomic mass is 10.0. The van der Waals surface area contributed by atoms with Gasteiger partial charge in [0.2, 0.25) is 0 Å². The third-order valence-electron chi connectivity index (χ3n) is 3.48. The third kappa shape index (κ3) is 2.70. The van der Waals surface area contributed by atoms with Crippen LogP contribution in [0, 0.1) is 0 Å². The highest BCUT2D eigenvalue weighted by Crippen LogP contribution is 2.38. The van der Waals surface area contributed by atoms with E-state index in [1.54, 1.807) is 7.11 Å². The number of halogens is 1. The monoisotopic (exact) mass is 325 g/mol. The number of rotatable bonds is 3. The van der Waals surface area contributed by atoms with Crippen molar-refractivity contribution in [2.24, 2.45) is 5.73 Å². The largest absolute Gasteiger partial charge is 0.496 e. The fraction of sp³-hybridized carbons (Fsp3) is 0.333. The van der Waals surface area contributed by atoms with Gasteiger partial charge in [0.15, 0.2) is 0 Å². The topological polar surface area (TPSA) is 35.2 Å². The average molecular weight is 326 g/mol. The molecule has 2 heterocycles. The molecule has 0 fully saturated rings. The molecule has 1 aromatic heterocycles. The number of fused-ring (bicyclic) bond motifs is 1. The molecule has 0 aliphatic carbocycles. The molecular formula is C15H16ClNOS2. The second kappa shape index (κ2) is 5.98. The van der Waals surface area contributed by atoms with E-state index in [1.165, 1.54) is 21.1 Å². The Morgan fingerprint density at radius 1 is 1.35 bits per heavy atom. The molecule has 2 N–H and O–H groups in total. The van der Waals surface area contributed by atoms with E-state index in [9.17, 15) is 0 Å². The number of hydrogen-bond donors (Lipinski definition) is 1. The van der Waals surface area contributed by atoms with Crippen LogP contribution < -0.4 is 10.5 Å². The summed E-state index contributed by atoms with van der Waals surface area (Å²) in [7, 11) is 1.66. The first-order valence-electron chi connectivity index (χ1n) is 6.47. The molecule has 0 spiro atoms. The molecule has 0 radical (unpaired) electrons. The SMILES string of the molecule is COc1ccc(Cl)cc1C(N)c1cc2c(s1)CCSC2. The van der Waals surface area contributed by atoms with E-state index in [-0.39, 0.29) is 6.04 Å². The summed E-state index contributed by atoms with van der Waals surface area (Å²) in [6.45, 7) is 0. The smallest absolute Gasteiger partial charge is 0.124 e. The molecule has 0 bridgehead atoms. The summed E-state index contributed by atoms with van der Waals surface area (Å²) in [6.07, 6.45) is 1.16. The number of thioether (sulfide) groups is 1. The van der Waals surface area contributed by atoms with Gasteiger partial charge in [-0.1, -0.05) is 11.6 Å². The quantitative estimate of drug-likeness (QED) is 0.916. The van der Waals surface area contributed by atoms with E-state index in [2.05, 4.69) is 6.07 Å². The highest BCUT2D eigenvalue weighted by molar-refractivity contribution is 7.98. The molecule has 1 aromatic carbocycles. The van der Waals surface area contributed by atoms with Gasteiger partial charge in [0.1, 0.15) is 5.75 Å². The predicted octanol–water partition coefficient (Wildman–Crippen LogP) is 4.25. The second-order valence-corrected chi connectivity index (χ2v) is 7.47. The third-order valence-corrected chi connectivity index (χ3v) is 6.04. The van der Waals surface area contributed by atoms with Crippen LogP contribution in [0.4, 0.5) is 0 Å². The highest BCUT2D eigenvalue weighted by atomic mass is 35.5. The molecule has 106 valence electrons. The zero-order chi connectivity index (χ0) is 14.1. The molecule has 1 aliphatic rings. The van der Waals surface area contributed by atoms with Gasteiger partial charge in [0.25, 0.3) is 0 Å². The van der Waals surface area contributed by atoms with Crippen LogP contribution in [0.15, 0.2) is 24.3 Å². The highest BCUT2D eigenvalue weighted by Gasteiger charge is 2.20. The zero-order valence-corrected chi connectivity index (χ0v) is 13.6. The first-order valence-corrected chi connectivity index (χ1v) is 8.82. The lowest BCUT2D eigenvalue weighted by Crippen LogP contribution is -2.11. The summed E-state index contributed by atoms with van der Waals surface area (Å²) < 4.78 is 5.41. The van der Waals surface area contributed by atoms with Crippen LogP contribution in [0.2, 0.25) is 5.02 Å². The van der Waals surface area contributed by atoms with Crippen LogP contribution in [0.1, 0.15) is 26.9 Å². The Morgan fingerprint density at radius 2 is 2.20 bits per heavy atom.